The summed E-state index contributed by atoms with van der Waals surface area (Å²) in [4.78, 5) is 26.8. The van der Waals surface area contributed by atoms with Crippen LogP contribution < -0.4 is 9.80 Å². The number of pyridine rings is 1. The third-order valence-electron chi connectivity index (χ3n) is 4.84. The van der Waals surface area contributed by atoms with Crippen LogP contribution in [-0.2, 0) is 0 Å². The highest BCUT2D eigenvalue weighted by atomic mass is 15.3. The van der Waals surface area contributed by atoms with E-state index < -0.39 is 0 Å². The van der Waals surface area contributed by atoms with Crippen molar-refractivity contribution < 1.29 is 0 Å². The topological polar surface area (TPSA) is 88.8 Å². The summed E-state index contributed by atoms with van der Waals surface area (Å²) in [5, 5.41) is 5.26. The summed E-state index contributed by atoms with van der Waals surface area (Å²) >= 11 is 0. The van der Waals surface area contributed by atoms with Crippen molar-refractivity contribution in [1.29, 1.82) is 0 Å². The van der Waals surface area contributed by atoms with Gasteiger partial charge >= 0.3 is 0 Å². The molecule has 4 aromatic rings. The number of nitrogens with zero attached hydrogens (tertiary/aromatic N) is 9. The first kappa shape index (κ1) is 16.5. The summed E-state index contributed by atoms with van der Waals surface area (Å²) in [5.74, 6) is 3.38. The normalized spacial score (nSPS) is 14.6. The van der Waals surface area contributed by atoms with Crippen molar-refractivity contribution in [3.05, 3.63) is 55.0 Å². The highest BCUT2D eigenvalue weighted by molar-refractivity contribution is 5.86. The molecule has 0 amide bonds. The number of hydrogen-bond acceptors (Lipinski definition) is 8. The molecule has 1 saturated heterocycles. The maximum atomic E-state index is 4.63. The van der Waals surface area contributed by atoms with Gasteiger partial charge in [0.2, 0.25) is 0 Å². The predicted octanol–water partition coefficient (Wildman–Crippen LogP) is 1.64. The van der Waals surface area contributed by atoms with Crippen LogP contribution >= 0.6 is 0 Å². The molecule has 1 aliphatic rings. The maximum absolute atomic E-state index is 4.63. The van der Waals surface area contributed by atoms with Crippen LogP contribution in [0.5, 0.6) is 0 Å². The Kier molecular flexibility index (Phi) is 4.04. The molecule has 9 nitrogen and oxygen atoms in total. The molecule has 0 atom stereocenters. The van der Waals surface area contributed by atoms with Crippen LogP contribution in [0.4, 0.5) is 11.6 Å². The van der Waals surface area contributed by atoms with E-state index in [9.17, 15) is 0 Å². The van der Waals surface area contributed by atoms with E-state index in [2.05, 4.69) is 39.8 Å². The minimum Gasteiger partial charge on any atom is -0.353 e. The Bertz CT molecular complexity index is 1100. The Morgan fingerprint density at radius 1 is 0.857 bits per heavy atom. The lowest BCUT2D eigenvalue weighted by atomic mass is 10.2. The van der Waals surface area contributed by atoms with Crippen molar-refractivity contribution in [3.63, 3.8) is 0 Å². The van der Waals surface area contributed by atoms with Crippen molar-refractivity contribution >= 4 is 22.7 Å². The number of anilines is 2. The molecule has 0 unspecified atom stereocenters. The van der Waals surface area contributed by atoms with Gasteiger partial charge in [0, 0.05) is 50.8 Å². The van der Waals surface area contributed by atoms with E-state index in [4.69, 9.17) is 0 Å². The highest BCUT2D eigenvalue weighted by Gasteiger charge is 2.22. The first-order valence-corrected chi connectivity index (χ1v) is 9.19. The number of fused-ring (bicyclic) bond motifs is 1. The van der Waals surface area contributed by atoms with Crippen LogP contribution in [0.15, 0.2) is 49.2 Å². The molecule has 4 aromatic heterocycles. The fourth-order valence-corrected chi connectivity index (χ4v) is 3.50. The third kappa shape index (κ3) is 3.00. The van der Waals surface area contributed by atoms with Gasteiger partial charge in [-0.15, -0.1) is 0 Å². The number of rotatable bonds is 3. The molecule has 9 heteroatoms. The lowest BCUT2D eigenvalue weighted by Crippen LogP contribution is -2.47. The fourth-order valence-electron chi connectivity index (χ4n) is 3.50. The number of aromatic nitrogens is 7. The molecule has 140 valence electrons. The lowest BCUT2D eigenvalue weighted by Gasteiger charge is -2.36. The van der Waals surface area contributed by atoms with Gasteiger partial charge in [0.1, 0.15) is 23.8 Å². The van der Waals surface area contributed by atoms with Gasteiger partial charge < -0.3 is 9.80 Å². The van der Waals surface area contributed by atoms with Gasteiger partial charge in [-0.2, -0.15) is 5.10 Å². The monoisotopic (exact) mass is 373 g/mol. The van der Waals surface area contributed by atoms with E-state index in [1.54, 1.807) is 23.4 Å². The molecule has 0 aromatic carbocycles. The van der Waals surface area contributed by atoms with E-state index in [1.807, 2.05) is 37.4 Å². The molecule has 28 heavy (non-hydrogen) atoms. The first-order chi connectivity index (χ1) is 13.8. The van der Waals surface area contributed by atoms with Crippen molar-refractivity contribution in [2.75, 3.05) is 36.0 Å². The van der Waals surface area contributed by atoms with Crippen LogP contribution in [0.1, 0.15) is 5.82 Å². The van der Waals surface area contributed by atoms with E-state index in [0.29, 0.717) is 0 Å². The zero-order valence-electron chi connectivity index (χ0n) is 15.5. The Balaban J connectivity index is 1.38. The minimum atomic E-state index is 0.727. The first-order valence-electron chi connectivity index (χ1n) is 9.19. The highest BCUT2D eigenvalue weighted by Crippen LogP contribution is 2.24. The molecule has 1 aliphatic heterocycles. The van der Waals surface area contributed by atoms with E-state index >= 15 is 0 Å². The second-order valence-corrected chi connectivity index (χ2v) is 6.63. The van der Waals surface area contributed by atoms with Gasteiger partial charge in [-0.25, -0.2) is 29.6 Å². The Hall–Kier alpha value is -3.62. The lowest BCUT2D eigenvalue weighted by molar-refractivity contribution is 0.640. The number of piperazine rings is 1. The van der Waals surface area contributed by atoms with Gasteiger partial charge in [-0.3, -0.25) is 0 Å². The average Bonchev–Trinajstić information content (AvgIpc) is 3.28. The van der Waals surface area contributed by atoms with Gasteiger partial charge in [-0.05, 0) is 25.1 Å². The standard InChI is InChI=1S/C19H19N9/c1-14-24-16(12-17(25-14)28-7-3-6-23-28)26-8-10-27(11-9-26)19-15-4-2-5-20-18(15)21-13-22-19/h2-7,12-13H,8-11H2,1H3. The molecular weight excluding hydrogens is 354 g/mol. The molecule has 0 N–H and O–H groups in total. The SMILES string of the molecule is Cc1nc(N2CCN(c3ncnc4ncccc34)CC2)cc(-n2cccn2)n1. The summed E-state index contributed by atoms with van der Waals surface area (Å²) < 4.78 is 1.76. The smallest absolute Gasteiger partial charge is 0.164 e. The predicted molar refractivity (Wildman–Crippen MR) is 106 cm³/mol. The van der Waals surface area contributed by atoms with Crippen molar-refractivity contribution in [1.82, 2.24) is 34.7 Å². The Morgan fingerprint density at radius 3 is 2.50 bits per heavy atom. The van der Waals surface area contributed by atoms with Crippen LogP contribution in [-0.4, -0.2) is 60.9 Å². The van der Waals surface area contributed by atoms with Gasteiger partial charge in [-0.1, -0.05) is 0 Å². The molecule has 0 spiro atoms. The molecule has 0 aliphatic carbocycles. The molecule has 5 rings (SSSR count). The molecule has 5 heterocycles. The zero-order valence-corrected chi connectivity index (χ0v) is 15.5. The van der Waals surface area contributed by atoms with Crippen molar-refractivity contribution in [3.8, 4) is 5.82 Å². The Morgan fingerprint density at radius 2 is 1.68 bits per heavy atom. The summed E-state index contributed by atoms with van der Waals surface area (Å²) in [5.41, 5.74) is 0.727. The molecule has 1 fully saturated rings. The molecule has 0 radical (unpaired) electrons. The van der Waals surface area contributed by atoms with E-state index in [0.717, 1.165) is 60.5 Å². The van der Waals surface area contributed by atoms with E-state index in [1.165, 1.54) is 0 Å². The van der Waals surface area contributed by atoms with Gasteiger partial charge in [0.15, 0.2) is 11.5 Å². The fraction of sp³-hybridized carbons (Fsp3) is 0.263. The zero-order chi connectivity index (χ0) is 18.9. The quantitative estimate of drug-likeness (QED) is 0.535. The van der Waals surface area contributed by atoms with Crippen LogP contribution in [0, 0.1) is 6.92 Å². The number of hydrogen-bond donors (Lipinski definition) is 0. The summed E-state index contributed by atoms with van der Waals surface area (Å²) in [6, 6.07) is 7.82. The average molecular weight is 373 g/mol. The molecule has 0 saturated carbocycles. The van der Waals surface area contributed by atoms with Gasteiger partial charge in [0.25, 0.3) is 0 Å². The molecular formula is C19H19N9. The van der Waals surface area contributed by atoms with Crippen LogP contribution in [0.3, 0.4) is 0 Å². The minimum absolute atomic E-state index is 0.727. The summed E-state index contributed by atoms with van der Waals surface area (Å²) in [6.45, 7) is 5.30. The second-order valence-electron chi connectivity index (χ2n) is 6.63. The van der Waals surface area contributed by atoms with E-state index in [-0.39, 0.29) is 0 Å². The summed E-state index contributed by atoms with van der Waals surface area (Å²) in [7, 11) is 0. The van der Waals surface area contributed by atoms with Crippen molar-refractivity contribution in [2.45, 2.75) is 6.92 Å². The van der Waals surface area contributed by atoms with Crippen molar-refractivity contribution in [2.24, 2.45) is 0 Å². The van der Waals surface area contributed by atoms with Crippen LogP contribution in [0.25, 0.3) is 16.9 Å². The maximum Gasteiger partial charge on any atom is 0.164 e. The largest absolute Gasteiger partial charge is 0.353 e. The van der Waals surface area contributed by atoms with Crippen LogP contribution in [0.2, 0.25) is 0 Å². The Labute approximate surface area is 161 Å². The third-order valence-corrected chi connectivity index (χ3v) is 4.84. The second kappa shape index (κ2) is 6.84. The molecule has 0 bridgehead atoms. The number of aryl methyl sites for hydroxylation is 1. The van der Waals surface area contributed by atoms with Gasteiger partial charge in [0.05, 0.1) is 5.39 Å². The summed E-state index contributed by atoms with van der Waals surface area (Å²) in [6.07, 6.45) is 6.97.